The first-order chi connectivity index (χ1) is 10.3. The summed E-state index contributed by atoms with van der Waals surface area (Å²) in [6.07, 6.45) is 7.43. The molecule has 1 aliphatic heterocycles. The number of carbonyl (C=O) groups is 1. The maximum atomic E-state index is 11.9. The molecule has 0 saturated heterocycles. The van der Waals surface area contributed by atoms with E-state index in [9.17, 15) is 4.79 Å². The molecule has 4 rings (SSSR count). The zero-order chi connectivity index (χ0) is 14.2. The lowest BCUT2D eigenvalue weighted by molar-refractivity contribution is -0.116. The average Bonchev–Trinajstić information content (AvgIpc) is 3.16. The van der Waals surface area contributed by atoms with Crippen molar-refractivity contribution in [2.45, 2.75) is 12.3 Å². The number of nitrogens with one attached hydrogen (secondary N) is 2. The van der Waals surface area contributed by atoms with Crippen molar-refractivity contribution in [3.8, 4) is 5.95 Å². The SMILES string of the molecule is O=C1CC(c2cccn2-c2ncccn2)c2cn[nH]c2N1. The van der Waals surface area contributed by atoms with Crippen molar-refractivity contribution in [2.75, 3.05) is 5.32 Å². The smallest absolute Gasteiger partial charge is 0.233 e. The number of amides is 1. The normalized spacial score (nSPS) is 17.3. The lowest BCUT2D eigenvalue weighted by atomic mass is 9.91. The second kappa shape index (κ2) is 4.55. The molecule has 7 heteroatoms. The van der Waals surface area contributed by atoms with Gasteiger partial charge in [0.05, 0.1) is 6.20 Å². The second-order valence-electron chi connectivity index (χ2n) is 4.86. The largest absolute Gasteiger partial charge is 0.311 e. The highest BCUT2D eigenvalue weighted by Gasteiger charge is 2.30. The van der Waals surface area contributed by atoms with Gasteiger partial charge >= 0.3 is 0 Å². The Kier molecular flexibility index (Phi) is 2.56. The molecular formula is C14H12N6O. The van der Waals surface area contributed by atoms with Crippen LogP contribution in [0, 0.1) is 0 Å². The van der Waals surface area contributed by atoms with Crippen LogP contribution in [-0.4, -0.2) is 30.6 Å². The van der Waals surface area contributed by atoms with Crippen LogP contribution in [0.25, 0.3) is 5.95 Å². The van der Waals surface area contributed by atoms with Gasteiger partial charge in [-0.05, 0) is 18.2 Å². The molecule has 3 aromatic heterocycles. The Morgan fingerprint density at radius 3 is 2.95 bits per heavy atom. The molecule has 0 saturated carbocycles. The Bertz CT molecular complexity index is 791. The van der Waals surface area contributed by atoms with E-state index in [1.54, 1.807) is 24.7 Å². The molecule has 3 aromatic rings. The maximum Gasteiger partial charge on any atom is 0.233 e. The second-order valence-corrected chi connectivity index (χ2v) is 4.86. The van der Waals surface area contributed by atoms with Crippen molar-refractivity contribution in [1.29, 1.82) is 0 Å². The molecule has 4 heterocycles. The van der Waals surface area contributed by atoms with Crippen molar-refractivity contribution < 1.29 is 4.79 Å². The van der Waals surface area contributed by atoms with Crippen LogP contribution in [0.3, 0.4) is 0 Å². The maximum absolute atomic E-state index is 11.9. The van der Waals surface area contributed by atoms with E-state index in [-0.39, 0.29) is 11.8 Å². The number of fused-ring (bicyclic) bond motifs is 1. The number of nitrogens with zero attached hydrogens (tertiary/aromatic N) is 4. The van der Waals surface area contributed by atoms with E-state index in [1.165, 1.54) is 0 Å². The summed E-state index contributed by atoms with van der Waals surface area (Å²) in [6, 6.07) is 5.68. The number of H-pyrrole nitrogens is 1. The minimum absolute atomic E-state index is 0.0292. The molecule has 0 fully saturated rings. The van der Waals surface area contributed by atoms with Crippen LogP contribution in [0.2, 0.25) is 0 Å². The van der Waals surface area contributed by atoms with Crippen molar-refractivity contribution in [3.63, 3.8) is 0 Å². The summed E-state index contributed by atoms with van der Waals surface area (Å²) in [4.78, 5) is 20.4. The van der Waals surface area contributed by atoms with Gasteiger partial charge in [-0.15, -0.1) is 0 Å². The molecule has 0 bridgehead atoms. The first kappa shape index (κ1) is 11.8. The summed E-state index contributed by atoms with van der Waals surface area (Å²) in [5.74, 6) is 1.16. The van der Waals surface area contributed by atoms with E-state index < -0.39 is 0 Å². The molecule has 0 radical (unpaired) electrons. The zero-order valence-corrected chi connectivity index (χ0v) is 11.0. The van der Waals surface area contributed by atoms with Crippen LogP contribution in [0.4, 0.5) is 5.82 Å². The fraction of sp³-hybridized carbons (Fsp3) is 0.143. The van der Waals surface area contributed by atoms with Crippen LogP contribution in [0.1, 0.15) is 23.6 Å². The van der Waals surface area contributed by atoms with Gasteiger partial charge in [-0.3, -0.25) is 14.5 Å². The number of carbonyl (C=O) groups excluding carboxylic acids is 1. The molecule has 0 aliphatic carbocycles. The van der Waals surface area contributed by atoms with Gasteiger partial charge in [0, 0.05) is 42.2 Å². The van der Waals surface area contributed by atoms with E-state index in [0.29, 0.717) is 18.2 Å². The molecule has 1 unspecified atom stereocenters. The predicted molar refractivity (Wildman–Crippen MR) is 75.0 cm³/mol. The Morgan fingerprint density at radius 2 is 2.10 bits per heavy atom. The third-order valence-corrected chi connectivity index (χ3v) is 3.60. The summed E-state index contributed by atoms with van der Waals surface area (Å²) >= 11 is 0. The fourth-order valence-electron chi connectivity index (χ4n) is 2.69. The number of rotatable bonds is 2. The van der Waals surface area contributed by atoms with E-state index in [0.717, 1.165) is 11.3 Å². The molecule has 104 valence electrons. The monoisotopic (exact) mass is 280 g/mol. The number of aromatic amines is 1. The average molecular weight is 280 g/mol. The van der Waals surface area contributed by atoms with Crippen molar-refractivity contribution in [3.05, 3.63) is 54.2 Å². The molecule has 1 amide bonds. The van der Waals surface area contributed by atoms with Gasteiger partial charge < -0.3 is 5.32 Å². The number of hydrogen-bond donors (Lipinski definition) is 2. The van der Waals surface area contributed by atoms with Crippen LogP contribution < -0.4 is 5.32 Å². The minimum Gasteiger partial charge on any atom is -0.311 e. The van der Waals surface area contributed by atoms with Crippen LogP contribution in [0.5, 0.6) is 0 Å². The van der Waals surface area contributed by atoms with E-state index in [2.05, 4.69) is 25.5 Å². The quantitative estimate of drug-likeness (QED) is 0.744. The first-order valence-corrected chi connectivity index (χ1v) is 6.60. The van der Waals surface area contributed by atoms with Crippen LogP contribution >= 0.6 is 0 Å². The number of aromatic nitrogens is 5. The Balaban J connectivity index is 1.83. The van der Waals surface area contributed by atoms with Gasteiger partial charge in [0.15, 0.2) is 0 Å². The summed E-state index contributed by atoms with van der Waals surface area (Å²) in [7, 11) is 0. The van der Waals surface area contributed by atoms with Gasteiger partial charge in [-0.25, -0.2) is 9.97 Å². The Hall–Kier alpha value is -2.96. The lowest BCUT2D eigenvalue weighted by Gasteiger charge is -2.23. The molecular weight excluding hydrogens is 268 g/mol. The molecule has 2 N–H and O–H groups in total. The highest BCUT2D eigenvalue weighted by molar-refractivity contribution is 5.94. The van der Waals surface area contributed by atoms with Crippen molar-refractivity contribution in [1.82, 2.24) is 24.7 Å². The molecule has 0 aromatic carbocycles. The first-order valence-electron chi connectivity index (χ1n) is 6.60. The van der Waals surface area contributed by atoms with E-state index >= 15 is 0 Å². The number of hydrogen-bond acceptors (Lipinski definition) is 4. The summed E-state index contributed by atoms with van der Waals surface area (Å²) in [5.41, 5.74) is 1.95. The van der Waals surface area contributed by atoms with Gasteiger partial charge in [0.1, 0.15) is 5.82 Å². The third kappa shape index (κ3) is 1.90. The van der Waals surface area contributed by atoms with E-state index in [1.807, 2.05) is 22.9 Å². The van der Waals surface area contributed by atoms with Gasteiger partial charge in [-0.1, -0.05) is 0 Å². The third-order valence-electron chi connectivity index (χ3n) is 3.60. The highest BCUT2D eigenvalue weighted by Crippen LogP contribution is 2.36. The number of anilines is 1. The molecule has 0 spiro atoms. The van der Waals surface area contributed by atoms with Crippen LogP contribution in [-0.2, 0) is 4.79 Å². The standard InChI is InChI=1S/C14H12N6O/c21-12-7-9(10-8-17-19-13(10)18-12)11-3-1-6-20(11)14-15-4-2-5-16-14/h1-6,8-9H,7H2,(H2,17,18,19,21). The lowest BCUT2D eigenvalue weighted by Crippen LogP contribution is -2.24. The minimum atomic E-state index is -0.0636. The Morgan fingerprint density at radius 1 is 1.24 bits per heavy atom. The fourth-order valence-corrected chi connectivity index (χ4v) is 2.69. The molecule has 7 nitrogen and oxygen atoms in total. The van der Waals surface area contributed by atoms with Gasteiger partial charge in [0.2, 0.25) is 11.9 Å². The zero-order valence-electron chi connectivity index (χ0n) is 11.0. The van der Waals surface area contributed by atoms with Gasteiger partial charge in [-0.2, -0.15) is 5.10 Å². The van der Waals surface area contributed by atoms with Gasteiger partial charge in [0.25, 0.3) is 0 Å². The summed E-state index contributed by atoms with van der Waals surface area (Å²) in [5, 5.41) is 9.63. The Labute approximate surface area is 120 Å². The molecule has 1 aliphatic rings. The molecule has 1 atom stereocenters. The molecule has 21 heavy (non-hydrogen) atoms. The summed E-state index contributed by atoms with van der Waals surface area (Å²) < 4.78 is 1.90. The van der Waals surface area contributed by atoms with E-state index in [4.69, 9.17) is 0 Å². The van der Waals surface area contributed by atoms with Crippen molar-refractivity contribution in [2.24, 2.45) is 0 Å². The highest BCUT2D eigenvalue weighted by atomic mass is 16.1. The van der Waals surface area contributed by atoms with Crippen molar-refractivity contribution >= 4 is 11.7 Å². The predicted octanol–water partition coefficient (Wildman–Crippen LogP) is 1.46. The van der Waals surface area contributed by atoms with Crippen LogP contribution in [0.15, 0.2) is 43.0 Å². The topological polar surface area (TPSA) is 88.5 Å². The summed E-state index contributed by atoms with van der Waals surface area (Å²) in [6.45, 7) is 0.